The van der Waals surface area contributed by atoms with Gasteiger partial charge in [-0.05, 0) is 89.5 Å². The highest BCUT2D eigenvalue weighted by Gasteiger charge is 2.42. The van der Waals surface area contributed by atoms with E-state index in [4.69, 9.17) is 11.1 Å². The van der Waals surface area contributed by atoms with Crippen LogP contribution >= 0.6 is 11.1 Å². The highest BCUT2D eigenvalue weighted by atomic mass is 35.6. The summed E-state index contributed by atoms with van der Waals surface area (Å²) in [4.78, 5) is 0. The van der Waals surface area contributed by atoms with Crippen LogP contribution in [-0.4, -0.2) is 7.38 Å². The first kappa shape index (κ1) is 20.9. The monoisotopic (exact) mass is 406 g/mol. The normalized spacial score (nSPS) is 11.7. The third kappa shape index (κ3) is 3.58. The molecule has 0 atom stereocenters. The smallest absolute Gasteiger partial charge is 0.149 e. The van der Waals surface area contributed by atoms with E-state index < -0.39 is 7.38 Å². The molecule has 0 radical (unpaired) electrons. The number of rotatable bonds is 5. The Morgan fingerprint density at radius 1 is 0.643 bits per heavy atom. The van der Waals surface area contributed by atoms with E-state index in [-0.39, 0.29) is 0 Å². The Labute approximate surface area is 176 Å². The van der Waals surface area contributed by atoms with Crippen molar-refractivity contribution in [3.05, 3.63) is 88.0 Å². The second-order valence-electron chi connectivity index (χ2n) is 7.94. The van der Waals surface area contributed by atoms with Gasteiger partial charge in [0.25, 0.3) is 0 Å². The van der Waals surface area contributed by atoms with Gasteiger partial charge in [0.2, 0.25) is 7.38 Å². The fourth-order valence-electron chi connectivity index (χ4n) is 4.50. The van der Waals surface area contributed by atoms with Gasteiger partial charge in [0.1, 0.15) is 0 Å². The third-order valence-corrected chi connectivity index (χ3v) is 11.7. The zero-order valence-corrected chi connectivity index (χ0v) is 19.7. The van der Waals surface area contributed by atoms with Crippen molar-refractivity contribution in [1.82, 2.24) is 0 Å². The zero-order valence-electron chi connectivity index (χ0n) is 18.0. The van der Waals surface area contributed by atoms with Gasteiger partial charge < -0.3 is 0 Å². The molecule has 0 unspecified atom stereocenters. The molecule has 0 fully saturated rings. The summed E-state index contributed by atoms with van der Waals surface area (Å²) in [6.07, 6.45) is 2.06. The van der Waals surface area contributed by atoms with Crippen LogP contribution in [0, 0.1) is 27.7 Å². The van der Waals surface area contributed by atoms with E-state index in [1.54, 1.807) is 0 Å². The summed E-state index contributed by atoms with van der Waals surface area (Å²) in [5.41, 5.74) is 7.94. The first-order chi connectivity index (χ1) is 13.3. The third-order valence-electron chi connectivity index (χ3n) is 5.92. The van der Waals surface area contributed by atoms with Gasteiger partial charge >= 0.3 is 0 Å². The van der Waals surface area contributed by atoms with Crippen LogP contribution in [0.15, 0.2) is 54.6 Å². The summed E-state index contributed by atoms with van der Waals surface area (Å²) in [5, 5.41) is 4.02. The highest BCUT2D eigenvalue weighted by molar-refractivity contribution is 7.41. The summed E-state index contributed by atoms with van der Waals surface area (Å²) in [6.45, 7) is 13.3. The van der Waals surface area contributed by atoms with Crippen molar-refractivity contribution in [3.8, 4) is 0 Å². The van der Waals surface area contributed by atoms with E-state index in [0.29, 0.717) is 0 Å². The van der Waals surface area contributed by atoms with E-state index in [1.165, 1.54) is 48.9 Å². The summed E-state index contributed by atoms with van der Waals surface area (Å²) in [6, 6.07) is 20.2. The molecule has 0 bridgehead atoms. The molecule has 0 aliphatic heterocycles. The van der Waals surface area contributed by atoms with Crippen molar-refractivity contribution >= 4 is 34.0 Å². The minimum atomic E-state index is -2.68. The average molecular weight is 407 g/mol. The molecule has 0 spiro atoms. The van der Waals surface area contributed by atoms with Crippen LogP contribution in [-0.2, 0) is 12.8 Å². The van der Waals surface area contributed by atoms with Gasteiger partial charge in [-0.1, -0.05) is 68.4 Å². The lowest BCUT2D eigenvalue weighted by Gasteiger charge is -2.33. The van der Waals surface area contributed by atoms with Crippen LogP contribution in [0.1, 0.15) is 47.2 Å². The van der Waals surface area contributed by atoms with Gasteiger partial charge in [0.05, 0.1) is 0 Å². The molecule has 28 heavy (non-hydrogen) atoms. The number of hydrogen-bond donors (Lipinski definition) is 0. The predicted octanol–water partition coefficient (Wildman–Crippen LogP) is 5.25. The van der Waals surface area contributed by atoms with Gasteiger partial charge in [0.15, 0.2) is 0 Å². The van der Waals surface area contributed by atoms with E-state index in [2.05, 4.69) is 96.1 Å². The molecule has 3 aromatic rings. The number of halogens is 1. The molecule has 0 amide bonds. The van der Waals surface area contributed by atoms with Crippen LogP contribution in [0.5, 0.6) is 0 Å². The molecule has 0 aliphatic carbocycles. The predicted molar refractivity (Wildman–Crippen MR) is 128 cm³/mol. The van der Waals surface area contributed by atoms with Crippen molar-refractivity contribution in [2.45, 2.75) is 54.4 Å². The Kier molecular flexibility index (Phi) is 6.17. The molecular formula is C26H31ClSi. The SMILES string of the molecule is CCc1cc(CC)cc([Si](Cl)(c2c(C)cccc2C)c2c(C)cccc2C)c1. The molecule has 0 aliphatic rings. The van der Waals surface area contributed by atoms with Crippen molar-refractivity contribution in [1.29, 1.82) is 0 Å². The van der Waals surface area contributed by atoms with Crippen LogP contribution in [0.3, 0.4) is 0 Å². The molecule has 0 saturated carbocycles. The van der Waals surface area contributed by atoms with Crippen LogP contribution < -0.4 is 15.6 Å². The van der Waals surface area contributed by atoms with E-state index in [1.807, 2.05) is 0 Å². The minimum Gasteiger partial charge on any atom is -0.149 e. The number of aryl methyl sites for hydroxylation is 6. The van der Waals surface area contributed by atoms with E-state index >= 15 is 0 Å². The second-order valence-corrected chi connectivity index (χ2v) is 12.5. The number of benzene rings is 3. The maximum Gasteiger partial charge on any atom is 0.249 e. The average Bonchev–Trinajstić information content (AvgIpc) is 2.67. The molecule has 0 heterocycles. The number of hydrogen-bond acceptors (Lipinski definition) is 0. The van der Waals surface area contributed by atoms with Crippen LogP contribution in [0.2, 0.25) is 0 Å². The topological polar surface area (TPSA) is 0 Å². The summed E-state index contributed by atoms with van der Waals surface area (Å²) in [7, 11) is -2.68. The summed E-state index contributed by atoms with van der Waals surface area (Å²) < 4.78 is 0. The standard InChI is InChI=1S/C26H31ClSi/c1-7-22-15-23(8-2)17-24(16-22)28(27,25-18(3)11-9-12-19(25)4)26-20(5)13-10-14-21(26)6/h9-17H,7-8H2,1-6H3. The lowest BCUT2D eigenvalue weighted by molar-refractivity contribution is 1.09. The van der Waals surface area contributed by atoms with Crippen molar-refractivity contribution in [3.63, 3.8) is 0 Å². The van der Waals surface area contributed by atoms with E-state index in [0.717, 1.165) is 12.8 Å². The zero-order chi connectivity index (χ0) is 20.5. The molecule has 0 saturated heterocycles. The van der Waals surface area contributed by atoms with Gasteiger partial charge in [-0.25, -0.2) is 0 Å². The maximum absolute atomic E-state index is 7.93. The van der Waals surface area contributed by atoms with Crippen LogP contribution in [0.25, 0.3) is 0 Å². The van der Waals surface area contributed by atoms with Crippen molar-refractivity contribution in [2.75, 3.05) is 0 Å². The second kappa shape index (κ2) is 8.27. The highest BCUT2D eigenvalue weighted by Crippen LogP contribution is 2.21. The first-order valence-electron chi connectivity index (χ1n) is 10.3. The largest absolute Gasteiger partial charge is 0.249 e. The molecule has 0 nitrogen and oxygen atoms in total. The van der Waals surface area contributed by atoms with Gasteiger partial charge in [-0.15, -0.1) is 11.1 Å². The van der Waals surface area contributed by atoms with Crippen molar-refractivity contribution < 1.29 is 0 Å². The summed E-state index contributed by atoms with van der Waals surface area (Å²) >= 11 is 7.93. The summed E-state index contributed by atoms with van der Waals surface area (Å²) in [5.74, 6) is 0. The molecule has 0 aromatic heterocycles. The Morgan fingerprint density at radius 2 is 1.00 bits per heavy atom. The molecule has 146 valence electrons. The Morgan fingerprint density at radius 3 is 1.32 bits per heavy atom. The maximum atomic E-state index is 7.93. The molecule has 3 aromatic carbocycles. The molecule has 3 rings (SSSR count). The molecule has 2 heteroatoms. The van der Waals surface area contributed by atoms with Gasteiger partial charge in [0, 0.05) is 0 Å². The van der Waals surface area contributed by atoms with Gasteiger partial charge in [-0.2, -0.15) is 0 Å². The van der Waals surface area contributed by atoms with Crippen molar-refractivity contribution in [2.24, 2.45) is 0 Å². The molecular weight excluding hydrogens is 376 g/mol. The quantitative estimate of drug-likeness (QED) is 0.308. The first-order valence-corrected chi connectivity index (χ1v) is 13.3. The Bertz CT molecular complexity index is 889. The lowest BCUT2D eigenvalue weighted by atomic mass is 10.1. The van der Waals surface area contributed by atoms with Gasteiger partial charge in [-0.3, -0.25) is 0 Å². The fourth-order valence-corrected chi connectivity index (χ4v) is 10.7. The van der Waals surface area contributed by atoms with Crippen LogP contribution in [0.4, 0.5) is 0 Å². The fraction of sp³-hybridized carbons (Fsp3) is 0.308. The Balaban J connectivity index is 2.47. The minimum absolute atomic E-state index is 1.03. The van der Waals surface area contributed by atoms with E-state index in [9.17, 15) is 0 Å². The Hall–Kier alpha value is -1.83. The lowest BCUT2D eigenvalue weighted by Crippen LogP contribution is -2.66. The molecule has 0 N–H and O–H groups in total.